The van der Waals surface area contributed by atoms with E-state index in [0.29, 0.717) is 16.8 Å². The minimum Gasteiger partial charge on any atom is -0.309 e. The van der Waals surface area contributed by atoms with Crippen molar-refractivity contribution < 1.29 is 0 Å². The second-order valence-electron chi connectivity index (χ2n) is 17.0. The Hall–Kier alpha value is -9.42. The first kappa shape index (κ1) is 38.1. The average Bonchev–Trinajstić information content (AvgIpc) is 4.03. The van der Waals surface area contributed by atoms with E-state index < -0.39 is 0 Å². The van der Waals surface area contributed by atoms with Crippen molar-refractivity contribution >= 4 is 65.4 Å². The zero-order chi connectivity index (χ0) is 44.6. The number of benzene rings is 10. The number of para-hydroxylation sites is 5. The molecule has 10 aromatic carbocycles. The Morgan fingerprint density at radius 1 is 0.269 bits per heavy atom. The summed E-state index contributed by atoms with van der Waals surface area (Å²) in [4.78, 5) is 0. The zero-order valence-electron chi connectivity index (χ0n) is 36.1. The van der Waals surface area contributed by atoms with Crippen LogP contribution in [0.15, 0.2) is 224 Å². The maximum Gasteiger partial charge on any atom is 0.102 e. The Labute approximate surface area is 386 Å². The lowest BCUT2D eigenvalue weighted by atomic mass is 9.86. The van der Waals surface area contributed by atoms with Crippen LogP contribution in [0.4, 0.5) is 0 Å². The predicted molar refractivity (Wildman–Crippen MR) is 275 cm³/mol. The Morgan fingerprint density at radius 2 is 0.597 bits per heavy atom. The van der Waals surface area contributed by atoms with Gasteiger partial charge in [-0.1, -0.05) is 164 Å². The van der Waals surface area contributed by atoms with Gasteiger partial charge in [0.05, 0.1) is 55.6 Å². The van der Waals surface area contributed by atoms with E-state index in [4.69, 9.17) is 0 Å². The summed E-state index contributed by atoms with van der Waals surface area (Å²) in [6.07, 6.45) is 0. The van der Waals surface area contributed by atoms with Crippen molar-refractivity contribution in [1.82, 2.24) is 13.7 Å². The van der Waals surface area contributed by atoms with E-state index >= 15 is 0 Å². The van der Waals surface area contributed by atoms with Gasteiger partial charge in [-0.15, -0.1) is 0 Å². The largest absolute Gasteiger partial charge is 0.309 e. The summed E-state index contributed by atoms with van der Waals surface area (Å²) in [5.74, 6) is 0. The molecule has 5 nitrogen and oxygen atoms in total. The van der Waals surface area contributed by atoms with E-state index in [1.165, 1.54) is 16.3 Å². The SMILES string of the molecule is N#Cc1c(-c2ccccc2)c(-n2c3ccccc3c3cc(-c4ccc5c(c4)c4ccccc4n5-c4ccccc4)ccc32)c(-c2ccccc2)c(C#N)c1-n1c2ccccc2c2ccccc21. The molecule has 0 fully saturated rings. The third kappa shape index (κ3) is 5.66. The quantitative estimate of drug-likeness (QED) is 0.167. The van der Waals surface area contributed by atoms with E-state index in [-0.39, 0.29) is 0 Å². The van der Waals surface area contributed by atoms with Gasteiger partial charge in [0.2, 0.25) is 0 Å². The first-order valence-corrected chi connectivity index (χ1v) is 22.5. The van der Waals surface area contributed by atoms with Gasteiger partial charge >= 0.3 is 0 Å². The van der Waals surface area contributed by atoms with Crippen LogP contribution in [0, 0.1) is 22.7 Å². The van der Waals surface area contributed by atoms with Gasteiger partial charge in [-0.05, 0) is 82.9 Å². The molecule has 0 N–H and O–H groups in total. The van der Waals surface area contributed by atoms with Gasteiger partial charge in [-0.3, -0.25) is 0 Å². The van der Waals surface area contributed by atoms with Gasteiger partial charge in [-0.25, -0.2) is 0 Å². The molecule has 13 rings (SSSR count). The summed E-state index contributed by atoms with van der Waals surface area (Å²) in [7, 11) is 0. The molecule has 5 heteroatoms. The third-order valence-electron chi connectivity index (χ3n) is 13.5. The van der Waals surface area contributed by atoms with Crippen LogP contribution in [0.3, 0.4) is 0 Å². The Morgan fingerprint density at radius 3 is 1.03 bits per heavy atom. The molecule has 0 unspecified atom stereocenters. The fraction of sp³-hybridized carbons (Fsp3) is 0. The minimum absolute atomic E-state index is 0.425. The number of nitrogens with zero attached hydrogens (tertiary/aromatic N) is 5. The summed E-state index contributed by atoms with van der Waals surface area (Å²) in [5, 5.41) is 30.1. The molecule has 310 valence electrons. The Kier molecular flexibility index (Phi) is 8.58. The van der Waals surface area contributed by atoms with Crippen LogP contribution in [0.2, 0.25) is 0 Å². The van der Waals surface area contributed by atoms with Crippen LogP contribution in [0.1, 0.15) is 11.1 Å². The number of aromatic nitrogens is 3. The molecule has 0 amide bonds. The molecule has 0 atom stereocenters. The summed E-state index contributed by atoms with van der Waals surface area (Å²) in [6.45, 7) is 0. The second kappa shape index (κ2) is 15.1. The molecule has 13 aromatic rings. The standard InChI is InChI=1S/C62H37N5/c63-38-51-59(40-18-4-1-5-19-40)62(60(41-20-6-2-7-21-41)52(39-64)61(51)66-54-29-15-10-24-45(54)46-25-11-16-30-55(46)66)67-56-31-17-13-27-48(56)50-37-43(33-35-58(50)67)42-32-34-57-49(36-42)47-26-12-14-28-53(47)65(57)44-22-8-3-9-23-44/h1-37H. The van der Waals surface area contributed by atoms with Gasteiger partial charge < -0.3 is 13.7 Å². The lowest BCUT2D eigenvalue weighted by molar-refractivity contribution is 1.13. The van der Waals surface area contributed by atoms with Crippen molar-refractivity contribution in [3.63, 3.8) is 0 Å². The Balaban J connectivity index is 1.14. The van der Waals surface area contributed by atoms with Gasteiger partial charge in [0, 0.05) is 49.1 Å². The average molecular weight is 852 g/mol. The molecule has 0 saturated heterocycles. The number of fused-ring (bicyclic) bond motifs is 9. The second-order valence-corrected chi connectivity index (χ2v) is 17.0. The molecular formula is C62H37N5. The fourth-order valence-electron chi connectivity index (χ4n) is 10.7. The van der Waals surface area contributed by atoms with Gasteiger partial charge in [0.15, 0.2) is 0 Å². The molecule has 0 bridgehead atoms. The van der Waals surface area contributed by atoms with Gasteiger partial charge in [-0.2, -0.15) is 10.5 Å². The molecule has 3 aromatic heterocycles. The molecule has 0 radical (unpaired) electrons. The maximum atomic E-state index is 11.7. The summed E-state index contributed by atoms with van der Waals surface area (Å²) in [5.41, 5.74) is 14.9. The van der Waals surface area contributed by atoms with Crippen LogP contribution < -0.4 is 0 Å². The van der Waals surface area contributed by atoms with Crippen molar-refractivity contribution in [2.45, 2.75) is 0 Å². The van der Waals surface area contributed by atoms with E-state index in [0.717, 1.165) is 93.9 Å². The molecule has 0 aliphatic rings. The van der Waals surface area contributed by atoms with E-state index in [2.05, 4.69) is 190 Å². The van der Waals surface area contributed by atoms with Crippen LogP contribution in [0.25, 0.3) is 116 Å². The number of hydrogen-bond donors (Lipinski definition) is 0. The molecule has 67 heavy (non-hydrogen) atoms. The van der Waals surface area contributed by atoms with Crippen molar-refractivity contribution in [2.24, 2.45) is 0 Å². The van der Waals surface area contributed by atoms with Gasteiger partial charge in [0.25, 0.3) is 0 Å². The fourth-order valence-corrected chi connectivity index (χ4v) is 10.7. The summed E-state index contributed by atoms with van der Waals surface area (Å²) >= 11 is 0. The maximum absolute atomic E-state index is 11.7. The third-order valence-corrected chi connectivity index (χ3v) is 13.5. The van der Waals surface area contributed by atoms with Crippen LogP contribution in [0.5, 0.6) is 0 Å². The van der Waals surface area contributed by atoms with Crippen LogP contribution in [-0.4, -0.2) is 13.7 Å². The first-order chi connectivity index (χ1) is 33.2. The van der Waals surface area contributed by atoms with E-state index in [1.54, 1.807) is 0 Å². The first-order valence-electron chi connectivity index (χ1n) is 22.5. The summed E-state index contributed by atoms with van der Waals surface area (Å²) in [6, 6.07) is 83.6. The number of nitriles is 2. The van der Waals surface area contributed by atoms with E-state index in [1.807, 2.05) is 60.7 Å². The Bertz CT molecular complexity index is 4080. The molecule has 3 heterocycles. The smallest absolute Gasteiger partial charge is 0.102 e. The highest BCUT2D eigenvalue weighted by Crippen LogP contribution is 2.49. The summed E-state index contributed by atoms with van der Waals surface area (Å²) < 4.78 is 6.78. The molecular weight excluding hydrogens is 815 g/mol. The molecule has 0 aliphatic heterocycles. The number of hydrogen-bond acceptors (Lipinski definition) is 2. The predicted octanol–water partition coefficient (Wildman–Crippen LogP) is 15.7. The van der Waals surface area contributed by atoms with Crippen LogP contribution >= 0.6 is 0 Å². The highest BCUT2D eigenvalue weighted by Gasteiger charge is 2.31. The van der Waals surface area contributed by atoms with Gasteiger partial charge in [0.1, 0.15) is 12.1 Å². The van der Waals surface area contributed by atoms with Crippen LogP contribution in [-0.2, 0) is 0 Å². The highest BCUT2D eigenvalue weighted by atomic mass is 15.0. The zero-order valence-corrected chi connectivity index (χ0v) is 36.1. The topological polar surface area (TPSA) is 62.4 Å². The lowest BCUT2D eigenvalue weighted by Crippen LogP contribution is -2.11. The minimum atomic E-state index is 0.425. The highest BCUT2D eigenvalue weighted by molar-refractivity contribution is 6.15. The molecule has 0 spiro atoms. The van der Waals surface area contributed by atoms with Crippen molar-refractivity contribution in [1.29, 1.82) is 10.5 Å². The van der Waals surface area contributed by atoms with Crippen molar-refractivity contribution in [3.05, 3.63) is 236 Å². The molecule has 0 aliphatic carbocycles. The number of rotatable bonds is 6. The van der Waals surface area contributed by atoms with Crippen molar-refractivity contribution in [2.75, 3.05) is 0 Å². The monoisotopic (exact) mass is 851 g/mol. The lowest BCUT2D eigenvalue weighted by Gasteiger charge is -2.25. The molecule has 0 saturated carbocycles. The van der Waals surface area contributed by atoms with Crippen molar-refractivity contribution in [3.8, 4) is 62.6 Å². The normalized spacial score (nSPS) is 11.6. The van der Waals surface area contributed by atoms with E-state index in [9.17, 15) is 10.5 Å².